The summed E-state index contributed by atoms with van der Waals surface area (Å²) in [5, 5.41) is 6.29. The number of anilines is 1. The Balaban J connectivity index is 1.87. The Labute approximate surface area is 179 Å². The third kappa shape index (κ3) is 4.17. The van der Waals surface area contributed by atoms with Crippen LogP contribution < -0.4 is 11.1 Å². The number of benzene rings is 2. The third-order valence-corrected chi connectivity index (χ3v) is 5.59. The van der Waals surface area contributed by atoms with Crippen molar-refractivity contribution in [3.63, 3.8) is 0 Å². The monoisotopic (exact) mass is 417 g/mol. The van der Waals surface area contributed by atoms with Crippen molar-refractivity contribution >= 4 is 33.3 Å². The summed E-state index contributed by atoms with van der Waals surface area (Å²) in [7, 11) is 3.95. The zero-order valence-corrected chi connectivity index (χ0v) is 17.7. The lowest BCUT2D eigenvalue weighted by atomic mass is 10.0. The quantitative estimate of drug-likeness (QED) is 0.474. The Morgan fingerprint density at radius 1 is 1.07 bits per heavy atom. The van der Waals surface area contributed by atoms with Gasteiger partial charge < -0.3 is 16.0 Å². The maximum atomic E-state index is 12.3. The summed E-state index contributed by atoms with van der Waals surface area (Å²) < 4.78 is 0. The van der Waals surface area contributed by atoms with Gasteiger partial charge in [-0.05, 0) is 25.2 Å². The molecule has 0 radical (unpaired) electrons. The number of fused-ring (bicyclic) bond motifs is 1. The van der Waals surface area contributed by atoms with E-state index in [0.29, 0.717) is 18.2 Å². The van der Waals surface area contributed by atoms with Crippen LogP contribution in [0.5, 0.6) is 0 Å². The number of hydrogen-bond donors (Lipinski definition) is 2. The van der Waals surface area contributed by atoms with Crippen molar-refractivity contribution in [2.75, 3.05) is 19.4 Å². The van der Waals surface area contributed by atoms with Gasteiger partial charge in [0.1, 0.15) is 22.5 Å². The highest BCUT2D eigenvalue weighted by Crippen LogP contribution is 2.38. The summed E-state index contributed by atoms with van der Waals surface area (Å²) in [5.74, 6) is 0.843. The van der Waals surface area contributed by atoms with Gasteiger partial charge in [0.05, 0.1) is 11.9 Å². The fraction of sp³-hybridized carbons (Fsp3) is 0.174. The van der Waals surface area contributed by atoms with Crippen LogP contribution in [-0.4, -0.2) is 34.9 Å². The van der Waals surface area contributed by atoms with Crippen LogP contribution in [0.4, 0.5) is 5.82 Å². The molecule has 0 bridgehead atoms. The zero-order chi connectivity index (χ0) is 21.1. The van der Waals surface area contributed by atoms with E-state index < -0.39 is 11.9 Å². The number of nitrogens with zero attached hydrogens (tertiary/aromatic N) is 3. The van der Waals surface area contributed by atoms with Gasteiger partial charge in [0, 0.05) is 10.9 Å². The minimum Gasteiger partial charge on any atom is -0.368 e. The molecular formula is C23H23N5OS. The molecule has 1 amide bonds. The standard InChI is InChI=1S/C23H23N5OS/c1-28(2)13-18-25-22(27-20(21(24)29)16-11-7-4-8-12-16)19-17(14-30-23(19)26-18)15-9-5-3-6-10-15/h3-12,14,20H,13H2,1-2H3,(H2,24,29)(H,25,26,27). The van der Waals surface area contributed by atoms with Gasteiger partial charge in [-0.3, -0.25) is 4.79 Å². The molecular weight excluding hydrogens is 394 g/mol. The number of carbonyl (C=O) groups is 1. The molecule has 0 spiro atoms. The molecule has 4 rings (SSSR count). The van der Waals surface area contributed by atoms with E-state index in [2.05, 4.69) is 22.8 Å². The van der Waals surface area contributed by atoms with E-state index in [-0.39, 0.29) is 0 Å². The van der Waals surface area contributed by atoms with Gasteiger partial charge in [-0.2, -0.15) is 0 Å². The highest BCUT2D eigenvalue weighted by Gasteiger charge is 2.22. The first kappa shape index (κ1) is 20.0. The Bertz CT molecular complexity index is 1160. The van der Waals surface area contributed by atoms with E-state index >= 15 is 0 Å². The van der Waals surface area contributed by atoms with E-state index in [4.69, 9.17) is 15.7 Å². The Kier molecular flexibility index (Phi) is 5.74. The molecule has 2 aromatic heterocycles. The van der Waals surface area contributed by atoms with E-state index in [1.807, 2.05) is 67.5 Å². The first-order chi connectivity index (χ1) is 14.5. The van der Waals surface area contributed by atoms with Crippen molar-refractivity contribution in [1.29, 1.82) is 0 Å². The number of rotatable bonds is 7. The summed E-state index contributed by atoms with van der Waals surface area (Å²) >= 11 is 1.57. The minimum atomic E-state index is -0.694. The molecule has 0 aliphatic rings. The van der Waals surface area contributed by atoms with Crippen LogP contribution >= 0.6 is 11.3 Å². The van der Waals surface area contributed by atoms with Crippen LogP contribution in [0.15, 0.2) is 66.0 Å². The summed E-state index contributed by atoms with van der Waals surface area (Å²) in [6.45, 7) is 0.593. The molecule has 2 aromatic carbocycles. The SMILES string of the molecule is CN(C)Cc1nc(NC(C(N)=O)c2ccccc2)c2c(-c3ccccc3)csc2n1. The van der Waals surface area contributed by atoms with Gasteiger partial charge >= 0.3 is 0 Å². The molecule has 30 heavy (non-hydrogen) atoms. The Morgan fingerprint density at radius 3 is 2.37 bits per heavy atom. The number of carbonyl (C=O) groups excluding carboxylic acids is 1. The number of nitrogens with one attached hydrogen (secondary N) is 1. The van der Waals surface area contributed by atoms with Crippen LogP contribution in [0.1, 0.15) is 17.4 Å². The zero-order valence-electron chi connectivity index (χ0n) is 16.9. The number of amides is 1. The van der Waals surface area contributed by atoms with Gasteiger partial charge in [-0.25, -0.2) is 9.97 Å². The molecule has 0 aliphatic carbocycles. The van der Waals surface area contributed by atoms with Crippen molar-refractivity contribution in [2.45, 2.75) is 12.6 Å². The molecule has 4 aromatic rings. The van der Waals surface area contributed by atoms with Crippen molar-refractivity contribution < 1.29 is 4.79 Å². The molecule has 0 saturated heterocycles. The normalized spacial score (nSPS) is 12.2. The molecule has 0 fully saturated rings. The first-order valence-corrected chi connectivity index (χ1v) is 10.5. The second-order valence-electron chi connectivity index (χ2n) is 7.31. The van der Waals surface area contributed by atoms with Crippen LogP contribution in [0.3, 0.4) is 0 Å². The van der Waals surface area contributed by atoms with Gasteiger partial charge in [-0.15, -0.1) is 11.3 Å². The van der Waals surface area contributed by atoms with Gasteiger partial charge in [-0.1, -0.05) is 60.7 Å². The van der Waals surface area contributed by atoms with Gasteiger partial charge in [0.25, 0.3) is 0 Å². The highest BCUT2D eigenvalue weighted by atomic mass is 32.1. The average Bonchev–Trinajstić information content (AvgIpc) is 3.16. The minimum absolute atomic E-state index is 0.460. The maximum Gasteiger partial charge on any atom is 0.244 e. The largest absolute Gasteiger partial charge is 0.368 e. The van der Waals surface area contributed by atoms with Gasteiger partial charge in [0.15, 0.2) is 0 Å². The number of primary amides is 1. The predicted octanol–water partition coefficient (Wildman–Crippen LogP) is 4.06. The molecule has 1 unspecified atom stereocenters. The second kappa shape index (κ2) is 8.61. The molecule has 7 heteroatoms. The molecule has 6 nitrogen and oxygen atoms in total. The number of thiophene rings is 1. The smallest absolute Gasteiger partial charge is 0.244 e. The molecule has 152 valence electrons. The van der Waals surface area contributed by atoms with Crippen molar-refractivity contribution in [3.8, 4) is 11.1 Å². The first-order valence-electron chi connectivity index (χ1n) is 9.62. The van der Waals surface area contributed by atoms with Crippen molar-refractivity contribution in [1.82, 2.24) is 14.9 Å². The van der Waals surface area contributed by atoms with Crippen LogP contribution in [0, 0.1) is 0 Å². The number of aromatic nitrogens is 2. The maximum absolute atomic E-state index is 12.3. The van der Waals surface area contributed by atoms with Crippen LogP contribution in [0.25, 0.3) is 21.3 Å². The lowest BCUT2D eigenvalue weighted by Crippen LogP contribution is -2.28. The molecule has 0 aliphatic heterocycles. The molecule has 2 heterocycles. The second-order valence-corrected chi connectivity index (χ2v) is 8.17. The fourth-order valence-electron chi connectivity index (χ4n) is 3.38. The third-order valence-electron chi connectivity index (χ3n) is 4.72. The number of hydrogen-bond acceptors (Lipinski definition) is 6. The highest BCUT2D eigenvalue weighted by molar-refractivity contribution is 7.17. The summed E-state index contributed by atoms with van der Waals surface area (Å²) in [6, 6.07) is 18.9. The molecule has 3 N–H and O–H groups in total. The lowest BCUT2D eigenvalue weighted by molar-refractivity contribution is -0.118. The van der Waals surface area contributed by atoms with E-state index in [9.17, 15) is 4.79 Å². The fourth-order valence-corrected chi connectivity index (χ4v) is 4.34. The average molecular weight is 418 g/mol. The van der Waals surface area contributed by atoms with Crippen LogP contribution in [-0.2, 0) is 11.3 Å². The number of nitrogens with two attached hydrogens (primary N) is 1. The molecule has 1 atom stereocenters. The Hall–Kier alpha value is -3.29. The van der Waals surface area contributed by atoms with Gasteiger partial charge in [0.2, 0.25) is 5.91 Å². The van der Waals surface area contributed by atoms with E-state index in [1.54, 1.807) is 11.3 Å². The topological polar surface area (TPSA) is 84.1 Å². The summed E-state index contributed by atoms with van der Waals surface area (Å²) in [5.41, 5.74) is 8.66. The van der Waals surface area contributed by atoms with Crippen molar-refractivity contribution in [3.05, 3.63) is 77.4 Å². The van der Waals surface area contributed by atoms with Crippen LogP contribution in [0.2, 0.25) is 0 Å². The lowest BCUT2D eigenvalue weighted by Gasteiger charge is -2.19. The van der Waals surface area contributed by atoms with E-state index in [1.165, 1.54) is 0 Å². The Morgan fingerprint density at radius 2 is 1.73 bits per heavy atom. The molecule has 0 saturated carbocycles. The summed E-state index contributed by atoms with van der Waals surface area (Å²) in [6.07, 6.45) is 0. The van der Waals surface area contributed by atoms with E-state index in [0.717, 1.165) is 26.9 Å². The van der Waals surface area contributed by atoms with Crippen molar-refractivity contribution in [2.24, 2.45) is 5.73 Å². The predicted molar refractivity (Wildman–Crippen MR) is 122 cm³/mol. The summed E-state index contributed by atoms with van der Waals surface area (Å²) in [4.78, 5) is 24.7.